The standard InChI is InChI=1S/C19H26ClNO3/c1-3-19(23)8-4-5-14-10-21(11-16(14)19)18(22)12-24-17-7-6-15(20)9-13(17)2/h6-7,9,14,16,23H,3-5,8,10-12H2,1-2H3/t14-,16+,19-/m1/s1. The van der Waals surface area contributed by atoms with Crippen LogP contribution < -0.4 is 4.74 Å². The maximum absolute atomic E-state index is 12.5. The van der Waals surface area contributed by atoms with Crippen molar-refractivity contribution in [2.75, 3.05) is 19.7 Å². The van der Waals surface area contributed by atoms with Gasteiger partial charge in [0.1, 0.15) is 5.75 Å². The molecule has 24 heavy (non-hydrogen) atoms. The molecule has 0 radical (unpaired) electrons. The van der Waals surface area contributed by atoms with Crippen molar-refractivity contribution in [2.24, 2.45) is 11.8 Å². The Morgan fingerprint density at radius 3 is 2.96 bits per heavy atom. The topological polar surface area (TPSA) is 49.8 Å². The van der Waals surface area contributed by atoms with E-state index in [4.69, 9.17) is 16.3 Å². The molecule has 1 saturated carbocycles. The maximum atomic E-state index is 12.5. The van der Waals surface area contributed by atoms with Gasteiger partial charge in [-0.2, -0.15) is 0 Å². The molecule has 132 valence electrons. The number of fused-ring (bicyclic) bond motifs is 1. The number of likely N-dealkylation sites (tertiary alicyclic amines) is 1. The zero-order chi connectivity index (χ0) is 17.3. The predicted octanol–water partition coefficient (Wildman–Crippen LogP) is 3.43. The highest BCUT2D eigenvalue weighted by molar-refractivity contribution is 6.30. The number of rotatable bonds is 4. The normalized spacial score (nSPS) is 29.4. The van der Waals surface area contributed by atoms with Gasteiger partial charge in [0.2, 0.25) is 0 Å². The lowest BCUT2D eigenvalue weighted by Crippen LogP contribution is -2.44. The van der Waals surface area contributed by atoms with Gasteiger partial charge in [-0.15, -0.1) is 0 Å². The highest BCUT2D eigenvalue weighted by Gasteiger charge is 2.48. The van der Waals surface area contributed by atoms with Crippen molar-refractivity contribution in [3.63, 3.8) is 0 Å². The van der Waals surface area contributed by atoms with Crippen LogP contribution in [0.4, 0.5) is 0 Å². The number of carbonyl (C=O) groups excluding carboxylic acids is 1. The lowest BCUT2D eigenvalue weighted by molar-refractivity contribution is -0.132. The third-order valence-electron chi connectivity index (χ3n) is 5.77. The summed E-state index contributed by atoms with van der Waals surface area (Å²) in [5.41, 5.74) is 0.316. The Bertz CT molecular complexity index is 621. The fourth-order valence-corrected chi connectivity index (χ4v) is 4.50. The van der Waals surface area contributed by atoms with Crippen LogP contribution in [0.25, 0.3) is 0 Å². The lowest BCUT2D eigenvalue weighted by Gasteiger charge is -2.40. The van der Waals surface area contributed by atoms with Crippen LogP contribution in [0.2, 0.25) is 5.02 Å². The largest absolute Gasteiger partial charge is 0.483 e. The minimum absolute atomic E-state index is 0.00259. The third kappa shape index (κ3) is 3.40. The van der Waals surface area contributed by atoms with Crippen LogP contribution in [0.15, 0.2) is 18.2 Å². The molecule has 2 fully saturated rings. The number of aryl methyl sites for hydroxylation is 1. The van der Waals surface area contributed by atoms with E-state index in [1.807, 2.05) is 24.8 Å². The van der Waals surface area contributed by atoms with E-state index in [-0.39, 0.29) is 18.4 Å². The van der Waals surface area contributed by atoms with Gasteiger partial charge >= 0.3 is 0 Å². The molecule has 5 heteroatoms. The summed E-state index contributed by atoms with van der Waals surface area (Å²) in [4.78, 5) is 14.4. The number of hydrogen-bond donors (Lipinski definition) is 1. The molecule has 1 aromatic rings. The molecule has 3 atom stereocenters. The summed E-state index contributed by atoms with van der Waals surface area (Å²) >= 11 is 5.94. The summed E-state index contributed by atoms with van der Waals surface area (Å²) in [6.07, 6.45) is 3.77. The first-order valence-corrected chi connectivity index (χ1v) is 9.20. The first-order valence-electron chi connectivity index (χ1n) is 8.82. The zero-order valence-corrected chi connectivity index (χ0v) is 15.2. The molecule has 1 aliphatic carbocycles. The van der Waals surface area contributed by atoms with Crippen LogP contribution in [0, 0.1) is 18.8 Å². The van der Waals surface area contributed by atoms with Crippen LogP contribution in [0.1, 0.15) is 38.2 Å². The average molecular weight is 352 g/mol. The highest BCUT2D eigenvalue weighted by Crippen LogP contribution is 2.44. The van der Waals surface area contributed by atoms with Crippen molar-refractivity contribution in [2.45, 2.75) is 45.1 Å². The molecule has 4 nitrogen and oxygen atoms in total. The van der Waals surface area contributed by atoms with Crippen molar-refractivity contribution in [3.8, 4) is 5.75 Å². The number of carbonyl (C=O) groups is 1. The molecule has 1 saturated heterocycles. The average Bonchev–Trinajstić information content (AvgIpc) is 3.00. The van der Waals surface area contributed by atoms with Gasteiger partial charge in [-0.25, -0.2) is 0 Å². The van der Waals surface area contributed by atoms with E-state index < -0.39 is 5.60 Å². The number of nitrogens with zero attached hydrogens (tertiary/aromatic N) is 1. The molecule has 1 aliphatic heterocycles. The van der Waals surface area contributed by atoms with E-state index in [1.165, 1.54) is 0 Å². The zero-order valence-electron chi connectivity index (χ0n) is 14.4. The molecule has 0 spiro atoms. The molecule has 1 heterocycles. The van der Waals surface area contributed by atoms with Gasteiger partial charge in [0.25, 0.3) is 5.91 Å². The van der Waals surface area contributed by atoms with Gasteiger partial charge in [0.05, 0.1) is 5.60 Å². The van der Waals surface area contributed by atoms with Crippen LogP contribution in [0.3, 0.4) is 0 Å². The molecule has 1 N–H and O–H groups in total. The van der Waals surface area contributed by atoms with E-state index in [0.717, 1.165) is 37.8 Å². The summed E-state index contributed by atoms with van der Waals surface area (Å²) in [7, 11) is 0. The first kappa shape index (κ1) is 17.6. The number of benzene rings is 1. The highest BCUT2D eigenvalue weighted by atomic mass is 35.5. The van der Waals surface area contributed by atoms with Crippen molar-refractivity contribution in [1.82, 2.24) is 4.90 Å². The lowest BCUT2D eigenvalue weighted by atomic mass is 9.69. The van der Waals surface area contributed by atoms with Crippen molar-refractivity contribution >= 4 is 17.5 Å². The SMILES string of the molecule is CC[C@@]1(O)CCC[C@@H]2CN(C(=O)COc3ccc(Cl)cc3C)C[C@@H]21. The van der Waals surface area contributed by atoms with Crippen molar-refractivity contribution in [1.29, 1.82) is 0 Å². The van der Waals surface area contributed by atoms with Crippen LogP contribution in [-0.2, 0) is 4.79 Å². The van der Waals surface area contributed by atoms with Crippen LogP contribution in [0.5, 0.6) is 5.75 Å². The van der Waals surface area contributed by atoms with Crippen molar-refractivity contribution < 1.29 is 14.6 Å². The van der Waals surface area contributed by atoms with Crippen molar-refractivity contribution in [3.05, 3.63) is 28.8 Å². The molecule has 1 aromatic carbocycles. The Hall–Kier alpha value is -1.26. The molecule has 2 aliphatic rings. The molecule has 0 bridgehead atoms. The summed E-state index contributed by atoms with van der Waals surface area (Å²) in [6.45, 7) is 5.38. The molecule has 3 rings (SSSR count). The first-order chi connectivity index (χ1) is 11.4. The number of ether oxygens (including phenoxy) is 1. The Morgan fingerprint density at radius 1 is 1.46 bits per heavy atom. The van der Waals surface area contributed by atoms with E-state index in [1.54, 1.807) is 12.1 Å². The second-order valence-corrected chi connectivity index (χ2v) is 7.65. The quantitative estimate of drug-likeness (QED) is 0.904. The maximum Gasteiger partial charge on any atom is 0.260 e. The summed E-state index contributed by atoms with van der Waals surface area (Å²) < 4.78 is 5.69. The Labute approximate surface area is 148 Å². The fourth-order valence-electron chi connectivity index (χ4n) is 4.28. The fraction of sp³-hybridized carbons (Fsp3) is 0.632. The van der Waals surface area contributed by atoms with E-state index in [2.05, 4.69) is 0 Å². The predicted molar refractivity (Wildman–Crippen MR) is 94.3 cm³/mol. The van der Waals surface area contributed by atoms with Gasteiger partial charge in [0.15, 0.2) is 6.61 Å². The smallest absolute Gasteiger partial charge is 0.260 e. The van der Waals surface area contributed by atoms with Gasteiger partial charge < -0.3 is 14.7 Å². The summed E-state index contributed by atoms with van der Waals surface area (Å²) in [6, 6.07) is 5.39. The van der Waals surface area contributed by atoms with Gasteiger partial charge in [-0.05, 0) is 55.9 Å². The summed E-state index contributed by atoms with van der Waals surface area (Å²) in [5, 5.41) is 11.5. The number of amides is 1. The van der Waals surface area contributed by atoms with Gasteiger partial charge in [-0.3, -0.25) is 4.79 Å². The van der Waals surface area contributed by atoms with E-state index in [0.29, 0.717) is 23.2 Å². The second-order valence-electron chi connectivity index (χ2n) is 7.21. The Balaban J connectivity index is 1.60. The Kier molecular flexibility index (Phi) is 5.07. The van der Waals surface area contributed by atoms with Crippen LogP contribution >= 0.6 is 11.6 Å². The minimum Gasteiger partial charge on any atom is -0.483 e. The molecule has 0 aromatic heterocycles. The Morgan fingerprint density at radius 2 is 2.25 bits per heavy atom. The van der Waals surface area contributed by atoms with Gasteiger partial charge in [-0.1, -0.05) is 24.9 Å². The molecular formula is C19H26ClNO3. The van der Waals surface area contributed by atoms with E-state index in [9.17, 15) is 9.90 Å². The monoisotopic (exact) mass is 351 g/mol. The summed E-state index contributed by atoms with van der Waals surface area (Å²) in [5.74, 6) is 1.31. The molecule has 1 amide bonds. The minimum atomic E-state index is -0.606. The van der Waals surface area contributed by atoms with Crippen LogP contribution in [-0.4, -0.2) is 41.2 Å². The number of hydrogen-bond acceptors (Lipinski definition) is 3. The number of halogens is 1. The molecule has 0 unspecified atom stereocenters. The number of aliphatic hydroxyl groups is 1. The molecular weight excluding hydrogens is 326 g/mol. The third-order valence-corrected chi connectivity index (χ3v) is 6.00. The van der Waals surface area contributed by atoms with E-state index >= 15 is 0 Å². The van der Waals surface area contributed by atoms with Gasteiger partial charge in [0, 0.05) is 24.0 Å². The second kappa shape index (κ2) is 6.93.